The Morgan fingerprint density at radius 1 is 0.867 bits per heavy atom. The molecule has 0 spiro atoms. The summed E-state index contributed by atoms with van der Waals surface area (Å²) in [5, 5.41) is 0. The van der Waals surface area contributed by atoms with Crippen LogP contribution in [0.25, 0.3) is 0 Å². The Morgan fingerprint density at radius 3 is 1.67 bits per heavy atom. The van der Waals surface area contributed by atoms with Crippen LogP contribution in [0.5, 0.6) is 0 Å². The van der Waals surface area contributed by atoms with E-state index in [9.17, 15) is 0 Å². The average molecular weight is 202 g/mol. The van der Waals surface area contributed by atoms with Crippen LogP contribution in [0.15, 0.2) is 24.3 Å². The van der Waals surface area contributed by atoms with Gasteiger partial charge in [-0.15, -0.1) is 0 Å². The van der Waals surface area contributed by atoms with Gasteiger partial charge in [-0.25, -0.2) is 0 Å². The van der Waals surface area contributed by atoms with Crippen molar-refractivity contribution in [3.63, 3.8) is 0 Å². The molecule has 0 amide bonds. The van der Waals surface area contributed by atoms with Crippen molar-refractivity contribution in [3.05, 3.63) is 24.3 Å². The maximum absolute atomic E-state index is 2.52. The fourth-order valence-electron chi connectivity index (χ4n) is 4.99. The molecule has 15 heavy (non-hydrogen) atoms. The van der Waals surface area contributed by atoms with Crippen molar-refractivity contribution >= 4 is 0 Å². The molecule has 0 radical (unpaired) electrons. The highest BCUT2D eigenvalue weighted by atomic mass is 14.7. The van der Waals surface area contributed by atoms with E-state index in [0.29, 0.717) is 10.8 Å². The Balaban J connectivity index is 2.12. The van der Waals surface area contributed by atoms with Crippen LogP contribution >= 0.6 is 0 Å². The lowest BCUT2D eigenvalue weighted by atomic mass is 9.58. The van der Waals surface area contributed by atoms with Gasteiger partial charge in [0, 0.05) is 0 Å². The number of fused-ring (bicyclic) bond motifs is 5. The van der Waals surface area contributed by atoms with Gasteiger partial charge in [0.25, 0.3) is 0 Å². The summed E-state index contributed by atoms with van der Waals surface area (Å²) < 4.78 is 0. The van der Waals surface area contributed by atoms with Crippen LogP contribution in [0, 0.1) is 34.5 Å². The molecule has 3 rings (SSSR count). The highest BCUT2D eigenvalue weighted by Crippen LogP contribution is 2.72. The topological polar surface area (TPSA) is 0 Å². The second-order valence-electron chi connectivity index (χ2n) is 6.59. The van der Waals surface area contributed by atoms with Crippen LogP contribution in [-0.2, 0) is 0 Å². The zero-order chi connectivity index (χ0) is 10.8. The molecular formula is C15H22. The molecule has 0 N–H and O–H groups in total. The predicted molar refractivity (Wildman–Crippen MR) is 64.4 cm³/mol. The Morgan fingerprint density at radius 2 is 1.27 bits per heavy atom. The van der Waals surface area contributed by atoms with E-state index in [1.54, 1.807) is 0 Å². The summed E-state index contributed by atoms with van der Waals surface area (Å²) in [6.45, 7) is 9.98. The van der Waals surface area contributed by atoms with Crippen molar-refractivity contribution in [3.8, 4) is 0 Å². The van der Waals surface area contributed by atoms with Crippen molar-refractivity contribution in [1.82, 2.24) is 0 Å². The van der Waals surface area contributed by atoms with E-state index in [0.717, 1.165) is 23.7 Å². The van der Waals surface area contributed by atoms with Gasteiger partial charge in [0.2, 0.25) is 0 Å². The van der Waals surface area contributed by atoms with Gasteiger partial charge in [0.05, 0.1) is 0 Å². The maximum atomic E-state index is 2.52. The van der Waals surface area contributed by atoms with Gasteiger partial charge in [-0.3, -0.25) is 0 Å². The van der Waals surface area contributed by atoms with Crippen LogP contribution in [-0.4, -0.2) is 0 Å². The van der Waals surface area contributed by atoms with E-state index < -0.39 is 0 Å². The van der Waals surface area contributed by atoms with Crippen molar-refractivity contribution in [2.24, 2.45) is 34.5 Å². The Hall–Kier alpha value is -0.520. The fraction of sp³-hybridized carbons (Fsp3) is 0.733. The lowest BCUT2D eigenvalue weighted by Gasteiger charge is -2.46. The van der Waals surface area contributed by atoms with Crippen molar-refractivity contribution in [2.75, 3.05) is 0 Å². The molecule has 3 aliphatic carbocycles. The van der Waals surface area contributed by atoms with Crippen LogP contribution in [0.3, 0.4) is 0 Å². The molecule has 82 valence electrons. The molecule has 6 atom stereocenters. The van der Waals surface area contributed by atoms with Gasteiger partial charge in [-0.1, -0.05) is 52.0 Å². The second kappa shape index (κ2) is 2.59. The second-order valence-corrected chi connectivity index (χ2v) is 6.59. The molecule has 0 aromatic heterocycles. The third-order valence-electron chi connectivity index (χ3n) is 6.25. The number of hydrogen-bond acceptors (Lipinski definition) is 0. The molecule has 0 nitrogen and oxygen atoms in total. The first-order chi connectivity index (χ1) is 7.00. The van der Waals surface area contributed by atoms with E-state index >= 15 is 0 Å². The molecule has 0 heterocycles. The third kappa shape index (κ3) is 0.898. The minimum Gasteiger partial charge on any atom is -0.0803 e. The molecular weight excluding hydrogens is 180 g/mol. The summed E-state index contributed by atoms with van der Waals surface area (Å²) in [6.07, 6.45) is 10.9. The quantitative estimate of drug-likeness (QED) is 0.556. The number of allylic oxidation sites excluding steroid dienone is 4. The molecule has 0 aliphatic heterocycles. The SMILES string of the molecule is CC1C(C)C2(C)CC1(C)C1C=CC=CC12. The first kappa shape index (κ1) is 9.69. The molecule has 2 saturated carbocycles. The summed E-state index contributed by atoms with van der Waals surface area (Å²) in [5.74, 6) is 3.36. The number of hydrogen-bond donors (Lipinski definition) is 0. The normalized spacial score (nSPS) is 61.1. The Bertz CT molecular complexity index is 317. The maximum Gasteiger partial charge on any atom is -0.0105 e. The molecule has 6 unspecified atom stereocenters. The summed E-state index contributed by atoms with van der Waals surface area (Å²) >= 11 is 0. The van der Waals surface area contributed by atoms with Gasteiger partial charge in [-0.2, -0.15) is 0 Å². The van der Waals surface area contributed by atoms with E-state index in [-0.39, 0.29) is 0 Å². The van der Waals surface area contributed by atoms with Gasteiger partial charge in [-0.05, 0) is 40.9 Å². The van der Waals surface area contributed by atoms with Crippen molar-refractivity contribution in [2.45, 2.75) is 34.1 Å². The van der Waals surface area contributed by atoms with Crippen molar-refractivity contribution < 1.29 is 0 Å². The van der Waals surface area contributed by atoms with Gasteiger partial charge in [0.15, 0.2) is 0 Å². The average Bonchev–Trinajstić information content (AvgIpc) is 2.57. The minimum absolute atomic E-state index is 0.556. The Labute approximate surface area is 93.5 Å². The zero-order valence-corrected chi connectivity index (χ0v) is 10.3. The summed E-state index contributed by atoms with van der Waals surface area (Å²) in [4.78, 5) is 0. The lowest BCUT2D eigenvalue weighted by molar-refractivity contribution is 0.0576. The largest absolute Gasteiger partial charge is 0.0803 e. The highest BCUT2D eigenvalue weighted by molar-refractivity contribution is 5.28. The number of rotatable bonds is 0. The first-order valence-corrected chi connectivity index (χ1v) is 6.35. The van der Waals surface area contributed by atoms with E-state index in [4.69, 9.17) is 0 Å². The highest BCUT2D eigenvalue weighted by Gasteiger charge is 2.66. The fourth-order valence-corrected chi connectivity index (χ4v) is 4.99. The van der Waals surface area contributed by atoms with Gasteiger partial charge in [0.1, 0.15) is 0 Å². The smallest absolute Gasteiger partial charge is 0.0105 e. The summed E-state index contributed by atoms with van der Waals surface area (Å²) in [5.41, 5.74) is 1.11. The van der Waals surface area contributed by atoms with Gasteiger partial charge >= 0.3 is 0 Å². The van der Waals surface area contributed by atoms with E-state index in [2.05, 4.69) is 52.0 Å². The van der Waals surface area contributed by atoms with Crippen LogP contribution in [0.4, 0.5) is 0 Å². The standard InChI is InChI=1S/C15H22/c1-10-11(2)15(4)9-14(10,3)12-7-5-6-8-13(12)15/h5-8,10-13H,9H2,1-4H3. The third-order valence-corrected chi connectivity index (χ3v) is 6.25. The molecule has 0 aromatic rings. The molecule has 2 fully saturated rings. The van der Waals surface area contributed by atoms with E-state index in [1.165, 1.54) is 6.42 Å². The zero-order valence-electron chi connectivity index (χ0n) is 10.3. The summed E-state index contributed by atoms with van der Waals surface area (Å²) in [7, 11) is 0. The van der Waals surface area contributed by atoms with E-state index in [1.807, 2.05) is 0 Å². The van der Waals surface area contributed by atoms with Crippen molar-refractivity contribution in [1.29, 1.82) is 0 Å². The monoisotopic (exact) mass is 202 g/mol. The summed E-state index contributed by atoms with van der Waals surface area (Å²) in [6, 6.07) is 0. The molecule has 0 aromatic carbocycles. The Kier molecular flexibility index (Phi) is 1.67. The molecule has 0 saturated heterocycles. The molecule has 0 heteroatoms. The lowest BCUT2D eigenvalue weighted by Crippen LogP contribution is -2.41. The van der Waals surface area contributed by atoms with Crippen LogP contribution in [0.2, 0.25) is 0 Å². The van der Waals surface area contributed by atoms with Crippen LogP contribution in [0.1, 0.15) is 34.1 Å². The molecule has 3 aliphatic rings. The van der Waals surface area contributed by atoms with Crippen LogP contribution < -0.4 is 0 Å². The predicted octanol–water partition coefficient (Wildman–Crippen LogP) is 4.05. The van der Waals surface area contributed by atoms with Gasteiger partial charge < -0.3 is 0 Å². The minimum atomic E-state index is 0.556. The first-order valence-electron chi connectivity index (χ1n) is 6.35. The molecule has 2 bridgehead atoms.